The molecule has 0 spiro atoms. The van der Waals surface area contributed by atoms with Crippen LogP contribution in [-0.2, 0) is 0 Å². The summed E-state index contributed by atoms with van der Waals surface area (Å²) in [6, 6.07) is 2.67. The number of rotatable bonds is 1. The van der Waals surface area contributed by atoms with Gasteiger partial charge >= 0.3 is 0 Å². The molecule has 0 bridgehead atoms. The fourth-order valence-corrected chi connectivity index (χ4v) is 3.18. The summed E-state index contributed by atoms with van der Waals surface area (Å²) in [6.07, 6.45) is 3.71. The lowest BCUT2D eigenvalue weighted by Crippen LogP contribution is -2.30. The van der Waals surface area contributed by atoms with Gasteiger partial charge in [-0.25, -0.2) is 0 Å². The Hall–Kier alpha value is -0.340. The topological polar surface area (TPSA) is 26.0 Å². The van der Waals surface area contributed by atoms with E-state index >= 15 is 0 Å². The van der Waals surface area contributed by atoms with Crippen LogP contribution < -0.4 is 5.73 Å². The first-order chi connectivity index (χ1) is 6.25. The molecule has 3 unspecified atom stereocenters. The Morgan fingerprint density at radius 1 is 1.38 bits per heavy atom. The predicted octanol–water partition coefficient (Wildman–Crippen LogP) is 2.98. The molecule has 2 N–H and O–H groups in total. The Bertz CT molecular complexity index is 245. The molecule has 13 heavy (non-hydrogen) atoms. The van der Waals surface area contributed by atoms with Crippen LogP contribution in [0.4, 0.5) is 0 Å². The Morgan fingerprint density at radius 3 is 2.85 bits per heavy atom. The molecular weight excluding hydrogens is 178 g/mol. The third-order valence-corrected chi connectivity index (χ3v) is 3.70. The van der Waals surface area contributed by atoms with Gasteiger partial charge in [-0.05, 0) is 53.5 Å². The molecule has 1 aromatic heterocycles. The molecule has 1 nitrogen and oxygen atoms in total. The van der Waals surface area contributed by atoms with E-state index in [0.717, 1.165) is 11.8 Å². The molecule has 0 aliphatic heterocycles. The lowest BCUT2D eigenvalue weighted by molar-refractivity contribution is 0.308. The number of thiophene rings is 1. The molecule has 1 fully saturated rings. The van der Waals surface area contributed by atoms with E-state index in [0.29, 0.717) is 6.04 Å². The fourth-order valence-electron chi connectivity index (χ4n) is 2.44. The molecule has 1 aliphatic carbocycles. The molecule has 1 aliphatic rings. The third-order valence-electron chi connectivity index (χ3n) is 2.99. The molecule has 0 radical (unpaired) electrons. The van der Waals surface area contributed by atoms with Crippen molar-refractivity contribution in [2.24, 2.45) is 11.7 Å². The van der Waals surface area contributed by atoms with Gasteiger partial charge in [0, 0.05) is 6.04 Å². The second-order valence-electron chi connectivity index (χ2n) is 4.33. The van der Waals surface area contributed by atoms with Gasteiger partial charge in [0.2, 0.25) is 0 Å². The zero-order valence-corrected chi connectivity index (χ0v) is 8.89. The van der Waals surface area contributed by atoms with Crippen molar-refractivity contribution in [2.45, 2.75) is 38.1 Å². The summed E-state index contributed by atoms with van der Waals surface area (Å²) in [5, 5.41) is 4.44. The van der Waals surface area contributed by atoms with E-state index in [2.05, 4.69) is 23.8 Å². The molecule has 3 atom stereocenters. The maximum Gasteiger partial charge on any atom is 0.00471 e. The van der Waals surface area contributed by atoms with Gasteiger partial charge in [-0.2, -0.15) is 11.3 Å². The minimum Gasteiger partial charge on any atom is -0.328 e. The van der Waals surface area contributed by atoms with Crippen LogP contribution in [0, 0.1) is 5.92 Å². The zero-order chi connectivity index (χ0) is 9.26. The van der Waals surface area contributed by atoms with Crippen molar-refractivity contribution in [2.75, 3.05) is 0 Å². The first-order valence-electron chi connectivity index (χ1n) is 5.03. The smallest absolute Gasteiger partial charge is 0.00471 e. The van der Waals surface area contributed by atoms with E-state index < -0.39 is 0 Å². The number of hydrogen-bond acceptors (Lipinski definition) is 2. The Morgan fingerprint density at radius 2 is 2.23 bits per heavy atom. The molecule has 2 heteroatoms. The zero-order valence-electron chi connectivity index (χ0n) is 8.07. The lowest BCUT2D eigenvalue weighted by Gasteiger charge is -2.30. The number of hydrogen-bond donors (Lipinski definition) is 1. The molecule has 1 saturated carbocycles. The summed E-state index contributed by atoms with van der Waals surface area (Å²) in [6.45, 7) is 2.32. The Labute approximate surface area is 84.0 Å². The van der Waals surface area contributed by atoms with Gasteiger partial charge in [-0.15, -0.1) is 0 Å². The second kappa shape index (κ2) is 3.81. The molecule has 72 valence electrons. The normalized spacial score (nSPS) is 34.8. The van der Waals surface area contributed by atoms with E-state index in [1.165, 1.54) is 24.8 Å². The SMILES string of the molecule is CC1CC(N)CC(c2ccsc2)C1. The summed E-state index contributed by atoms with van der Waals surface area (Å²) < 4.78 is 0. The summed E-state index contributed by atoms with van der Waals surface area (Å²) in [5.74, 6) is 1.53. The number of nitrogens with two attached hydrogens (primary N) is 1. The van der Waals surface area contributed by atoms with Crippen molar-refractivity contribution in [3.05, 3.63) is 22.4 Å². The van der Waals surface area contributed by atoms with Gasteiger partial charge in [-0.3, -0.25) is 0 Å². The highest BCUT2D eigenvalue weighted by atomic mass is 32.1. The first-order valence-corrected chi connectivity index (χ1v) is 5.97. The molecule has 2 rings (SSSR count). The largest absolute Gasteiger partial charge is 0.328 e. The molecule has 0 aromatic carbocycles. The highest BCUT2D eigenvalue weighted by Gasteiger charge is 2.25. The average Bonchev–Trinajstić information content (AvgIpc) is 2.53. The van der Waals surface area contributed by atoms with Crippen LogP contribution in [0.3, 0.4) is 0 Å². The monoisotopic (exact) mass is 195 g/mol. The Kier molecular flexibility index (Phi) is 2.70. The maximum absolute atomic E-state index is 6.03. The summed E-state index contributed by atoms with van der Waals surface area (Å²) in [5.41, 5.74) is 7.53. The van der Waals surface area contributed by atoms with Gasteiger partial charge in [0.15, 0.2) is 0 Å². The van der Waals surface area contributed by atoms with Crippen LogP contribution in [0.1, 0.15) is 37.7 Å². The third kappa shape index (κ3) is 2.12. The van der Waals surface area contributed by atoms with Gasteiger partial charge in [0.25, 0.3) is 0 Å². The van der Waals surface area contributed by atoms with Crippen LogP contribution in [-0.4, -0.2) is 6.04 Å². The average molecular weight is 195 g/mol. The van der Waals surface area contributed by atoms with Crippen molar-refractivity contribution in [1.82, 2.24) is 0 Å². The van der Waals surface area contributed by atoms with Crippen molar-refractivity contribution >= 4 is 11.3 Å². The van der Waals surface area contributed by atoms with Crippen LogP contribution in [0.15, 0.2) is 16.8 Å². The van der Waals surface area contributed by atoms with Gasteiger partial charge in [-0.1, -0.05) is 6.92 Å². The van der Waals surface area contributed by atoms with Crippen LogP contribution >= 0.6 is 11.3 Å². The molecule has 0 saturated heterocycles. The Balaban J connectivity index is 2.07. The molecule has 0 amide bonds. The van der Waals surface area contributed by atoms with Crippen LogP contribution in [0.25, 0.3) is 0 Å². The van der Waals surface area contributed by atoms with Crippen LogP contribution in [0.2, 0.25) is 0 Å². The molecule has 1 aromatic rings. The van der Waals surface area contributed by atoms with Crippen LogP contribution in [0.5, 0.6) is 0 Å². The molecular formula is C11H17NS. The van der Waals surface area contributed by atoms with Gasteiger partial charge in [0.05, 0.1) is 0 Å². The first kappa shape index (κ1) is 9.22. The van der Waals surface area contributed by atoms with Crippen molar-refractivity contribution in [3.63, 3.8) is 0 Å². The minimum absolute atomic E-state index is 0.425. The van der Waals surface area contributed by atoms with E-state index in [4.69, 9.17) is 5.73 Å². The minimum atomic E-state index is 0.425. The standard InChI is InChI=1S/C11H17NS/c1-8-4-10(6-11(12)5-8)9-2-3-13-7-9/h2-3,7-8,10-11H,4-6,12H2,1H3. The fraction of sp³-hybridized carbons (Fsp3) is 0.636. The highest BCUT2D eigenvalue weighted by Crippen LogP contribution is 2.36. The van der Waals surface area contributed by atoms with Crippen molar-refractivity contribution in [1.29, 1.82) is 0 Å². The summed E-state index contributed by atoms with van der Waals surface area (Å²) in [7, 11) is 0. The van der Waals surface area contributed by atoms with Crippen molar-refractivity contribution < 1.29 is 0 Å². The highest BCUT2D eigenvalue weighted by molar-refractivity contribution is 7.07. The quantitative estimate of drug-likeness (QED) is 0.732. The maximum atomic E-state index is 6.03. The van der Waals surface area contributed by atoms with E-state index in [1.54, 1.807) is 11.3 Å². The van der Waals surface area contributed by atoms with E-state index in [9.17, 15) is 0 Å². The second-order valence-corrected chi connectivity index (χ2v) is 5.11. The summed E-state index contributed by atoms with van der Waals surface area (Å²) >= 11 is 1.79. The van der Waals surface area contributed by atoms with Crippen molar-refractivity contribution in [3.8, 4) is 0 Å². The van der Waals surface area contributed by atoms with E-state index in [1.807, 2.05) is 0 Å². The van der Waals surface area contributed by atoms with E-state index in [-0.39, 0.29) is 0 Å². The predicted molar refractivity (Wildman–Crippen MR) is 58.1 cm³/mol. The molecule has 1 heterocycles. The lowest BCUT2D eigenvalue weighted by atomic mass is 9.77. The van der Waals surface area contributed by atoms with Gasteiger partial charge < -0.3 is 5.73 Å². The van der Waals surface area contributed by atoms with Gasteiger partial charge in [0.1, 0.15) is 0 Å². The summed E-state index contributed by atoms with van der Waals surface area (Å²) in [4.78, 5) is 0.